The zero-order valence-corrected chi connectivity index (χ0v) is 13.2. The fourth-order valence-corrected chi connectivity index (χ4v) is 4.11. The maximum absolute atomic E-state index is 6.27. The van der Waals surface area contributed by atoms with Crippen molar-refractivity contribution in [2.75, 3.05) is 19.6 Å². The summed E-state index contributed by atoms with van der Waals surface area (Å²) in [4.78, 5) is 2.78. The topological polar surface area (TPSA) is 29.3 Å². The highest BCUT2D eigenvalue weighted by atomic mass is 15.2. The number of hydrogen-bond acceptors (Lipinski definition) is 2. The van der Waals surface area contributed by atoms with Crippen molar-refractivity contribution in [3.05, 3.63) is 0 Å². The first-order valence-electron chi connectivity index (χ1n) is 8.53. The largest absolute Gasteiger partial charge is 0.329 e. The third-order valence-electron chi connectivity index (χ3n) is 5.68. The van der Waals surface area contributed by atoms with Gasteiger partial charge in [0.2, 0.25) is 0 Å². The molecule has 1 aliphatic carbocycles. The van der Waals surface area contributed by atoms with Crippen LogP contribution >= 0.6 is 0 Å². The van der Waals surface area contributed by atoms with Crippen LogP contribution in [0.1, 0.15) is 78.1 Å². The Hall–Kier alpha value is -0.0800. The van der Waals surface area contributed by atoms with E-state index in [1.807, 2.05) is 0 Å². The van der Waals surface area contributed by atoms with Crippen LogP contribution in [0.3, 0.4) is 0 Å². The predicted molar refractivity (Wildman–Crippen MR) is 83.3 cm³/mol. The maximum Gasteiger partial charge on any atom is 0.0331 e. The van der Waals surface area contributed by atoms with Gasteiger partial charge in [0.25, 0.3) is 0 Å². The minimum absolute atomic E-state index is 0.334. The van der Waals surface area contributed by atoms with E-state index >= 15 is 0 Å². The standard InChI is InChI=1S/C17H34N2/c1-16(2)9-8-13-19(14-12-16)17(15-18)10-6-4-3-5-7-11-17/h3-15,18H2,1-2H3. The lowest BCUT2D eigenvalue weighted by molar-refractivity contribution is 0.0672. The minimum Gasteiger partial charge on any atom is -0.329 e. The molecule has 1 heterocycles. The molecular formula is C17H34N2. The molecule has 2 fully saturated rings. The van der Waals surface area contributed by atoms with Gasteiger partial charge >= 0.3 is 0 Å². The predicted octanol–water partition coefficient (Wildman–Crippen LogP) is 3.94. The van der Waals surface area contributed by atoms with E-state index in [0.29, 0.717) is 11.0 Å². The van der Waals surface area contributed by atoms with Gasteiger partial charge in [0, 0.05) is 12.1 Å². The highest BCUT2D eigenvalue weighted by Gasteiger charge is 2.37. The zero-order valence-electron chi connectivity index (χ0n) is 13.2. The van der Waals surface area contributed by atoms with Crippen LogP contribution in [0.15, 0.2) is 0 Å². The Labute approximate surface area is 120 Å². The lowest BCUT2D eigenvalue weighted by atomic mass is 9.82. The first-order chi connectivity index (χ1) is 9.08. The highest BCUT2D eigenvalue weighted by molar-refractivity contribution is 4.94. The van der Waals surface area contributed by atoms with E-state index in [2.05, 4.69) is 18.7 Å². The number of likely N-dealkylation sites (tertiary alicyclic amines) is 1. The summed E-state index contributed by atoms with van der Waals surface area (Å²) in [5, 5.41) is 0. The van der Waals surface area contributed by atoms with Crippen LogP contribution in [0.5, 0.6) is 0 Å². The van der Waals surface area contributed by atoms with Crippen LogP contribution in [0.2, 0.25) is 0 Å². The van der Waals surface area contributed by atoms with Crippen LogP contribution in [0, 0.1) is 5.41 Å². The molecule has 0 aromatic carbocycles. The Bertz CT molecular complexity index is 264. The first kappa shape index (κ1) is 15.3. The molecule has 0 aromatic heterocycles. The van der Waals surface area contributed by atoms with Crippen molar-refractivity contribution in [1.82, 2.24) is 4.90 Å². The summed E-state index contributed by atoms with van der Waals surface area (Å²) in [6, 6.07) is 0. The molecule has 0 unspecified atom stereocenters. The molecule has 0 bridgehead atoms. The molecule has 0 aromatic rings. The molecule has 2 rings (SSSR count). The first-order valence-corrected chi connectivity index (χ1v) is 8.53. The summed E-state index contributed by atoms with van der Waals surface area (Å²) in [7, 11) is 0. The number of hydrogen-bond donors (Lipinski definition) is 1. The molecule has 19 heavy (non-hydrogen) atoms. The summed E-state index contributed by atoms with van der Waals surface area (Å²) in [5.74, 6) is 0. The average Bonchev–Trinajstić information content (AvgIpc) is 2.52. The zero-order chi connectivity index (χ0) is 13.8. The number of rotatable bonds is 2. The van der Waals surface area contributed by atoms with Crippen molar-refractivity contribution in [3.63, 3.8) is 0 Å². The SMILES string of the molecule is CC1(C)CCCN(C2(CN)CCCCCCC2)CC1. The van der Waals surface area contributed by atoms with Crippen LogP contribution in [0.4, 0.5) is 0 Å². The van der Waals surface area contributed by atoms with Crippen LogP contribution in [-0.2, 0) is 0 Å². The summed E-state index contributed by atoms with van der Waals surface area (Å²) >= 11 is 0. The van der Waals surface area contributed by atoms with Gasteiger partial charge in [-0.05, 0) is 50.6 Å². The minimum atomic E-state index is 0.334. The lowest BCUT2D eigenvalue weighted by Crippen LogP contribution is -2.54. The van der Waals surface area contributed by atoms with Crippen molar-refractivity contribution in [2.45, 2.75) is 83.6 Å². The van der Waals surface area contributed by atoms with Gasteiger partial charge in [-0.25, -0.2) is 0 Å². The van der Waals surface area contributed by atoms with Gasteiger partial charge in [0.15, 0.2) is 0 Å². The van der Waals surface area contributed by atoms with E-state index in [1.165, 1.54) is 77.3 Å². The van der Waals surface area contributed by atoms with Gasteiger partial charge in [-0.3, -0.25) is 4.90 Å². The second-order valence-corrected chi connectivity index (χ2v) is 7.70. The Balaban J connectivity index is 2.05. The molecule has 1 saturated carbocycles. The van der Waals surface area contributed by atoms with Crippen molar-refractivity contribution in [1.29, 1.82) is 0 Å². The number of nitrogens with two attached hydrogens (primary N) is 1. The van der Waals surface area contributed by atoms with Crippen LogP contribution in [-0.4, -0.2) is 30.1 Å². The third kappa shape index (κ3) is 3.95. The Morgan fingerprint density at radius 3 is 2.05 bits per heavy atom. The summed E-state index contributed by atoms with van der Waals surface area (Å²) in [6.45, 7) is 8.28. The second kappa shape index (κ2) is 6.58. The Morgan fingerprint density at radius 2 is 1.42 bits per heavy atom. The molecule has 2 nitrogen and oxygen atoms in total. The summed E-state index contributed by atoms with van der Waals surface area (Å²) in [6.07, 6.45) is 13.8. The van der Waals surface area contributed by atoms with Crippen molar-refractivity contribution < 1.29 is 0 Å². The van der Waals surface area contributed by atoms with Gasteiger partial charge in [-0.1, -0.05) is 46.0 Å². The normalized spacial score (nSPS) is 29.2. The quantitative estimate of drug-likeness (QED) is 0.820. The van der Waals surface area contributed by atoms with E-state index < -0.39 is 0 Å². The fourth-order valence-electron chi connectivity index (χ4n) is 4.11. The third-order valence-corrected chi connectivity index (χ3v) is 5.68. The van der Waals surface area contributed by atoms with E-state index in [9.17, 15) is 0 Å². The molecule has 2 N–H and O–H groups in total. The van der Waals surface area contributed by atoms with E-state index in [4.69, 9.17) is 5.73 Å². The molecule has 0 amide bonds. The van der Waals surface area contributed by atoms with Gasteiger partial charge in [0.1, 0.15) is 0 Å². The van der Waals surface area contributed by atoms with E-state index in [1.54, 1.807) is 0 Å². The van der Waals surface area contributed by atoms with Gasteiger partial charge in [-0.15, -0.1) is 0 Å². The summed E-state index contributed by atoms with van der Waals surface area (Å²) in [5.41, 5.74) is 7.13. The summed E-state index contributed by atoms with van der Waals surface area (Å²) < 4.78 is 0. The van der Waals surface area contributed by atoms with E-state index in [0.717, 1.165) is 6.54 Å². The van der Waals surface area contributed by atoms with Gasteiger partial charge in [-0.2, -0.15) is 0 Å². The molecule has 1 saturated heterocycles. The average molecular weight is 266 g/mol. The fraction of sp³-hybridized carbons (Fsp3) is 1.00. The smallest absolute Gasteiger partial charge is 0.0331 e. The second-order valence-electron chi connectivity index (χ2n) is 7.70. The highest BCUT2D eigenvalue weighted by Crippen LogP contribution is 2.36. The Morgan fingerprint density at radius 1 is 0.789 bits per heavy atom. The van der Waals surface area contributed by atoms with Crippen LogP contribution < -0.4 is 5.73 Å². The molecule has 2 aliphatic rings. The van der Waals surface area contributed by atoms with Crippen molar-refractivity contribution in [3.8, 4) is 0 Å². The van der Waals surface area contributed by atoms with Gasteiger partial charge < -0.3 is 5.73 Å². The Kier molecular flexibility index (Phi) is 5.30. The maximum atomic E-state index is 6.27. The molecule has 0 atom stereocenters. The molecule has 112 valence electrons. The van der Waals surface area contributed by atoms with Crippen LogP contribution in [0.25, 0.3) is 0 Å². The molecule has 0 spiro atoms. The molecule has 2 heteroatoms. The lowest BCUT2D eigenvalue weighted by Gasteiger charge is -2.44. The van der Waals surface area contributed by atoms with Crippen molar-refractivity contribution >= 4 is 0 Å². The molecular weight excluding hydrogens is 232 g/mol. The van der Waals surface area contributed by atoms with Crippen molar-refractivity contribution in [2.24, 2.45) is 11.1 Å². The molecule has 1 aliphatic heterocycles. The molecule has 0 radical (unpaired) electrons. The number of nitrogens with zero attached hydrogens (tertiary/aromatic N) is 1. The monoisotopic (exact) mass is 266 g/mol. The van der Waals surface area contributed by atoms with Gasteiger partial charge in [0.05, 0.1) is 0 Å². The van der Waals surface area contributed by atoms with E-state index in [-0.39, 0.29) is 0 Å².